The summed E-state index contributed by atoms with van der Waals surface area (Å²) in [5.41, 5.74) is -0.641. The van der Waals surface area contributed by atoms with Crippen molar-refractivity contribution in [2.24, 2.45) is 5.41 Å². The predicted molar refractivity (Wildman–Crippen MR) is 72.5 cm³/mol. The molecule has 1 aromatic carbocycles. The molecule has 0 N–H and O–H groups in total. The van der Waals surface area contributed by atoms with E-state index in [-0.39, 0.29) is 11.5 Å². The molecule has 4 nitrogen and oxygen atoms in total. The Morgan fingerprint density at radius 2 is 1.45 bits per heavy atom. The molecule has 0 aliphatic heterocycles. The van der Waals surface area contributed by atoms with Crippen molar-refractivity contribution in [1.82, 2.24) is 0 Å². The summed E-state index contributed by atoms with van der Waals surface area (Å²) in [7, 11) is 0. The van der Waals surface area contributed by atoms with E-state index in [0.717, 1.165) is 0 Å². The molecule has 22 heavy (non-hydrogen) atoms. The molecule has 1 rings (SSSR count). The average molecular weight is 318 g/mol. The molecule has 0 amide bonds. The summed E-state index contributed by atoms with van der Waals surface area (Å²) >= 11 is 0. The highest BCUT2D eigenvalue weighted by Gasteiger charge is 2.32. The lowest BCUT2D eigenvalue weighted by atomic mass is 9.91. The van der Waals surface area contributed by atoms with Gasteiger partial charge in [0.25, 0.3) is 0 Å². The van der Waals surface area contributed by atoms with E-state index in [1.54, 1.807) is 13.8 Å². The summed E-state index contributed by atoms with van der Waals surface area (Å²) in [5.74, 6) is -1.65. The molecule has 0 heterocycles. The minimum Gasteiger partial charge on any atom is -0.426 e. The van der Waals surface area contributed by atoms with Gasteiger partial charge in [-0.3, -0.25) is 9.59 Å². The van der Waals surface area contributed by atoms with Crippen molar-refractivity contribution >= 4 is 11.9 Å². The summed E-state index contributed by atoms with van der Waals surface area (Å²) in [4.78, 5) is 22.9. The first-order valence-corrected chi connectivity index (χ1v) is 6.63. The highest BCUT2D eigenvalue weighted by Crippen LogP contribution is 2.25. The van der Waals surface area contributed by atoms with Gasteiger partial charge >= 0.3 is 18.1 Å². The van der Waals surface area contributed by atoms with Gasteiger partial charge in [0.1, 0.15) is 17.9 Å². The van der Waals surface area contributed by atoms with Crippen LogP contribution in [-0.2, 0) is 9.59 Å². The van der Waals surface area contributed by atoms with Gasteiger partial charge in [0.05, 0.1) is 5.41 Å². The SMILES string of the molecule is CCC(C)(C)C(=O)Oc1ccc(OC(=O)CC(F)(F)F)cc1. The van der Waals surface area contributed by atoms with Crippen molar-refractivity contribution in [1.29, 1.82) is 0 Å². The fourth-order valence-corrected chi connectivity index (χ4v) is 1.30. The van der Waals surface area contributed by atoms with E-state index in [0.29, 0.717) is 6.42 Å². The number of hydrogen-bond donors (Lipinski definition) is 0. The van der Waals surface area contributed by atoms with Gasteiger partial charge in [0, 0.05) is 0 Å². The number of ether oxygens (including phenoxy) is 2. The van der Waals surface area contributed by atoms with Gasteiger partial charge in [-0.25, -0.2) is 0 Å². The van der Waals surface area contributed by atoms with Gasteiger partial charge in [-0.1, -0.05) is 6.92 Å². The molecular formula is C15H17F3O4. The number of benzene rings is 1. The van der Waals surface area contributed by atoms with E-state index in [4.69, 9.17) is 4.74 Å². The number of alkyl halides is 3. The predicted octanol–water partition coefficient (Wildman–Crippen LogP) is 3.89. The van der Waals surface area contributed by atoms with Gasteiger partial charge in [-0.05, 0) is 44.5 Å². The Hall–Kier alpha value is -2.05. The second kappa shape index (κ2) is 6.81. The highest BCUT2D eigenvalue weighted by molar-refractivity contribution is 5.78. The van der Waals surface area contributed by atoms with Gasteiger partial charge in [0.2, 0.25) is 0 Å². The molecule has 122 valence electrons. The molecule has 0 bridgehead atoms. The summed E-state index contributed by atoms with van der Waals surface area (Å²) in [6.45, 7) is 5.33. The normalized spacial score (nSPS) is 11.9. The van der Waals surface area contributed by atoms with E-state index >= 15 is 0 Å². The number of halogens is 3. The zero-order valence-corrected chi connectivity index (χ0v) is 12.5. The van der Waals surface area contributed by atoms with Crippen molar-refractivity contribution in [3.05, 3.63) is 24.3 Å². The third-order valence-electron chi connectivity index (χ3n) is 3.05. The molecule has 7 heteroatoms. The smallest absolute Gasteiger partial charge is 0.399 e. The molecule has 1 aromatic rings. The molecule has 0 saturated carbocycles. The van der Waals surface area contributed by atoms with Crippen LogP contribution in [0.15, 0.2) is 24.3 Å². The van der Waals surface area contributed by atoms with Gasteiger partial charge in [-0.2, -0.15) is 13.2 Å². The Morgan fingerprint density at radius 1 is 1.00 bits per heavy atom. The molecule has 0 aliphatic rings. The summed E-state index contributed by atoms with van der Waals surface area (Å²) in [6, 6.07) is 5.21. The van der Waals surface area contributed by atoms with Crippen LogP contribution in [0.4, 0.5) is 13.2 Å². The van der Waals surface area contributed by atoms with Crippen LogP contribution in [0.5, 0.6) is 11.5 Å². The zero-order chi connectivity index (χ0) is 17.0. The monoisotopic (exact) mass is 318 g/mol. The first kappa shape index (κ1) is 18.0. The first-order chi connectivity index (χ1) is 10.0. The molecule has 0 unspecified atom stereocenters. The van der Waals surface area contributed by atoms with Crippen LogP contribution in [0.25, 0.3) is 0 Å². The third-order valence-corrected chi connectivity index (χ3v) is 3.05. The van der Waals surface area contributed by atoms with E-state index in [1.165, 1.54) is 24.3 Å². The molecule has 0 fully saturated rings. The maximum absolute atomic E-state index is 12.0. The van der Waals surface area contributed by atoms with E-state index in [9.17, 15) is 22.8 Å². The van der Waals surface area contributed by atoms with Crippen molar-refractivity contribution in [3.8, 4) is 11.5 Å². The summed E-state index contributed by atoms with van der Waals surface area (Å²) in [6.07, 6.45) is -5.67. The number of carbonyl (C=O) groups excluding carboxylic acids is 2. The lowest BCUT2D eigenvalue weighted by Gasteiger charge is -2.20. The van der Waals surface area contributed by atoms with Crippen LogP contribution in [0, 0.1) is 5.41 Å². The Balaban J connectivity index is 2.64. The van der Waals surface area contributed by atoms with Gasteiger partial charge in [0.15, 0.2) is 0 Å². The Labute approximate surface area is 126 Å². The van der Waals surface area contributed by atoms with E-state index in [1.807, 2.05) is 6.92 Å². The van der Waals surface area contributed by atoms with Crippen LogP contribution in [0.3, 0.4) is 0 Å². The van der Waals surface area contributed by atoms with Crippen LogP contribution in [0.1, 0.15) is 33.6 Å². The minimum atomic E-state index is -4.61. The summed E-state index contributed by atoms with van der Waals surface area (Å²) < 4.78 is 45.7. The number of hydrogen-bond acceptors (Lipinski definition) is 4. The molecule has 0 aliphatic carbocycles. The minimum absolute atomic E-state index is 0.0520. The van der Waals surface area contributed by atoms with E-state index in [2.05, 4.69) is 4.74 Å². The van der Waals surface area contributed by atoms with Crippen LogP contribution >= 0.6 is 0 Å². The third kappa shape index (κ3) is 5.75. The average Bonchev–Trinajstić information content (AvgIpc) is 2.38. The lowest BCUT2D eigenvalue weighted by Crippen LogP contribution is -2.28. The highest BCUT2D eigenvalue weighted by atomic mass is 19.4. The molecule has 0 radical (unpaired) electrons. The fraction of sp³-hybridized carbons (Fsp3) is 0.467. The second-order valence-electron chi connectivity index (χ2n) is 5.36. The second-order valence-corrected chi connectivity index (χ2v) is 5.36. The quantitative estimate of drug-likeness (QED) is 0.610. The number of esters is 2. The standard InChI is InChI=1S/C15H17F3O4/c1-4-14(2,3)13(20)22-11-7-5-10(6-8-11)21-12(19)9-15(16,17)18/h5-8H,4,9H2,1-3H3. The molecule has 0 spiro atoms. The van der Waals surface area contributed by atoms with Crippen LogP contribution in [0.2, 0.25) is 0 Å². The molecule has 0 saturated heterocycles. The van der Waals surface area contributed by atoms with Gasteiger partial charge in [-0.15, -0.1) is 0 Å². The number of carbonyl (C=O) groups is 2. The lowest BCUT2D eigenvalue weighted by molar-refractivity contribution is -0.164. The topological polar surface area (TPSA) is 52.6 Å². The molecule has 0 atom stereocenters. The maximum Gasteiger partial charge on any atom is 0.399 e. The fourth-order valence-electron chi connectivity index (χ4n) is 1.30. The maximum atomic E-state index is 12.0. The van der Waals surface area contributed by atoms with Crippen LogP contribution < -0.4 is 9.47 Å². The molecule has 0 aromatic heterocycles. The van der Waals surface area contributed by atoms with Crippen molar-refractivity contribution in [2.45, 2.75) is 39.8 Å². The number of rotatable bonds is 5. The van der Waals surface area contributed by atoms with Gasteiger partial charge < -0.3 is 9.47 Å². The Morgan fingerprint density at radius 3 is 1.86 bits per heavy atom. The van der Waals surface area contributed by atoms with Crippen molar-refractivity contribution in [2.75, 3.05) is 0 Å². The van der Waals surface area contributed by atoms with Crippen molar-refractivity contribution < 1.29 is 32.2 Å². The van der Waals surface area contributed by atoms with E-state index < -0.39 is 30.0 Å². The molecular weight excluding hydrogens is 301 g/mol. The summed E-state index contributed by atoms with van der Waals surface area (Å²) in [5, 5.41) is 0. The Bertz CT molecular complexity index is 533. The first-order valence-electron chi connectivity index (χ1n) is 6.63. The van der Waals surface area contributed by atoms with Crippen LogP contribution in [-0.4, -0.2) is 18.1 Å². The zero-order valence-electron chi connectivity index (χ0n) is 12.5. The largest absolute Gasteiger partial charge is 0.426 e. The van der Waals surface area contributed by atoms with Crippen molar-refractivity contribution in [3.63, 3.8) is 0 Å². The Kier molecular flexibility index (Phi) is 5.57.